The van der Waals surface area contributed by atoms with E-state index >= 15 is 0 Å². The summed E-state index contributed by atoms with van der Waals surface area (Å²) in [6.45, 7) is 0. The highest BCUT2D eigenvalue weighted by Gasteiger charge is 2.11. The van der Waals surface area contributed by atoms with Crippen LogP contribution in [0.15, 0.2) is 34.3 Å². The highest BCUT2D eigenvalue weighted by Crippen LogP contribution is 2.24. The quantitative estimate of drug-likeness (QED) is 0.822. The Hall–Kier alpha value is -0.670. The summed E-state index contributed by atoms with van der Waals surface area (Å²) in [5, 5.41) is 0. The van der Waals surface area contributed by atoms with Crippen LogP contribution in [0.2, 0.25) is 0 Å². The van der Waals surface area contributed by atoms with Crippen molar-refractivity contribution in [2.75, 3.05) is 0 Å². The first kappa shape index (κ1) is 13.8. The van der Waals surface area contributed by atoms with E-state index in [2.05, 4.69) is 22.0 Å². The summed E-state index contributed by atoms with van der Waals surface area (Å²) in [7, 11) is 0. The zero-order valence-electron chi connectivity index (χ0n) is 10.5. The van der Waals surface area contributed by atoms with Crippen molar-refractivity contribution >= 4 is 15.9 Å². The van der Waals surface area contributed by atoms with Crippen molar-refractivity contribution in [3.63, 3.8) is 0 Å². The fourth-order valence-electron chi connectivity index (χ4n) is 2.47. The highest BCUT2D eigenvalue weighted by molar-refractivity contribution is 9.10. The number of halogens is 2. The molecule has 0 aliphatic heterocycles. The second-order valence-corrected chi connectivity index (χ2v) is 5.87. The van der Waals surface area contributed by atoms with Gasteiger partial charge in [0.25, 0.3) is 0 Å². The molecule has 2 rings (SSSR count). The monoisotopic (exact) mass is 311 g/mol. The van der Waals surface area contributed by atoms with Crippen LogP contribution < -0.4 is 5.73 Å². The van der Waals surface area contributed by atoms with Gasteiger partial charge in [-0.25, -0.2) is 4.39 Å². The summed E-state index contributed by atoms with van der Waals surface area (Å²) in [6.07, 6.45) is 9.08. The summed E-state index contributed by atoms with van der Waals surface area (Å²) in [5.74, 6) is -0.214. The molecule has 98 valence electrons. The van der Waals surface area contributed by atoms with Crippen LogP contribution >= 0.6 is 15.9 Å². The van der Waals surface area contributed by atoms with Crippen molar-refractivity contribution in [3.05, 3.63) is 45.7 Å². The summed E-state index contributed by atoms with van der Waals surface area (Å²) >= 11 is 3.39. The summed E-state index contributed by atoms with van der Waals surface area (Å²) in [4.78, 5) is 0. The van der Waals surface area contributed by atoms with E-state index in [0.29, 0.717) is 0 Å². The molecule has 1 atom stereocenters. The average molecular weight is 312 g/mol. The van der Waals surface area contributed by atoms with Crippen molar-refractivity contribution < 1.29 is 4.39 Å². The molecule has 0 heterocycles. The normalized spacial score (nSPS) is 17.4. The lowest BCUT2D eigenvalue weighted by Gasteiger charge is -2.18. The van der Waals surface area contributed by atoms with Crippen LogP contribution in [-0.4, -0.2) is 6.04 Å². The van der Waals surface area contributed by atoms with Crippen LogP contribution in [0.1, 0.15) is 37.7 Å². The van der Waals surface area contributed by atoms with Gasteiger partial charge in [-0.05, 0) is 56.2 Å². The molecule has 2 N–H and O–H groups in total. The standard InChI is InChI=1S/C15H19BrFN/c16-15-10-13(17)7-6-12(15)9-14(18)8-11-4-2-1-3-5-11/h4,6-7,10,14H,1-3,5,8-9,18H2. The number of allylic oxidation sites excluding steroid dienone is 1. The van der Waals surface area contributed by atoms with Crippen molar-refractivity contribution in [1.82, 2.24) is 0 Å². The fourth-order valence-corrected chi connectivity index (χ4v) is 2.98. The van der Waals surface area contributed by atoms with Gasteiger partial charge in [-0.3, -0.25) is 0 Å². The summed E-state index contributed by atoms with van der Waals surface area (Å²) in [5.41, 5.74) is 8.76. The van der Waals surface area contributed by atoms with Crippen LogP contribution in [0.3, 0.4) is 0 Å². The Morgan fingerprint density at radius 2 is 2.11 bits per heavy atom. The first-order valence-corrected chi connectivity index (χ1v) is 7.32. The van der Waals surface area contributed by atoms with Crippen LogP contribution in [-0.2, 0) is 6.42 Å². The summed E-state index contributed by atoms with van der Waals surface area (Å²) < 4.78 is 13.8. The number of nitrogens with two attached hydrogens (primary N) is 1. The lowest BCUT2D eigenvalue weighted by atomic mass is 9.92. The largest absolute Gasteiger partial charge is 0.327 e. The van der Waals surface area contributed by atoms with E-state index in [0.717, 1.165) is 22.9 Å². The molecule has 0 spiro atoms. The average Bonchev–Trinajstić information content (AvgIpc) is 2.34. The molecule has 18 heavy (non-hydrogen) atoms. The van der Waals surface area contributed by atoms with Gasteiger partial charge in [0.05, 0.1) is 0 Å². The summed E-state index contributed by atoms with van der Waals surface area (Å²) in [6, 6.07) is 4.93. The first-order chi connectivity index (χ1) is 8.65. The van der Waals surface area contributed by atoms with E-state index in [9.17, 15) is 4.39 Å². The van der Waals surface area contributed by atoms with E-state index < -0.39 is 0 Å². The molecule has 0 saturated carbocycles. The molecule has 1 nitrogen and oxygen atoms in total. The molecule has 0 bridgehead atoms. The smallest absolute Gasteiger partial charge is 0.124 e. The van der Waals surface area contributed by atoms with Gasteiger partial charge in [0, 0.05) is 10.5 Å². The number of hydrogen-bond donors (Lipinski definition) is 1. The zero-order valence-corrected chi connectivity index (χ0v) is 12.0. The maximum atomic E-state index is 13.0. The van der Waals surface area contributed by atoms with E-state index in [1.54, 1.807) is 0 Å². The van der Waals surface area contributed by atoms with Gasteiger partial charge in [-0.1, -0.05) is 33.6 Å². The van der Waals surface area contributed by atoms with Crippen LogP contribution in [0.25, 0.3) is 0 Å². The van der Waals surface area contributed by atoms with Crippen LogP contribution in [0, 0.1) is 5.82 Å². The predicted octanol–water partition coefficient (Wildman–Crippen LogP) is 4.35. The fraction of sp³-hybridized carbons (Fsp3) is 0.467. The number of rotatable bonds is 4. The SMILES string of the molecule is NC(CC1=CCCCC1)Cc1ccc(F)cc1Br. The second kappa shape index (κ2) is 6.48. The highest BCUT2D eigenvalue weighted by atomic mass is 79.9. The molecule has 1 unspecified atom stereocenters. The van der Waals surface area contributed by atoms with Gasteiger partial charge in [0.1, 0.15) is 5.82 Å². The molecule has 1 aromatic carbocycles. The van der Waals surface area contributed by atoms with Crippen molar-refractivity contribution in [2.45, 2.75) is 44.6 Å². The lowest BCUT2D eigenvalue weighted by molar-refractivity contribution is 0.601. The van der Waals surface area contributed by atoms with Crippen molar-refractivity contribution in [3.8, 4) is 0 Å². The third-order valence-electron chi connectivity index (χ3n) is 3.41. The second-order valence-electron chi connectivity index (χ2n) is 5.01. The van der Waals surface area contributed by atoms with Gasteiger partial charge >= 0.3 is 0 Å². The Kier molecular flexibility index (Phi) is 4.95. The molecular formula is C15H19BrFN. The van der Waals surface area contributed by atoms with Gasteiger partial charge in [-0.15, -0.1) is 0 Å². The minimum absolute atomic E-state index is 0.121. The van der Waals surface area contributed by atoms with Gasteiger partial charge in [-0.2, -0.15) is 0 Å². The molecule has 1 aliphatic rings. The molecule has 0 fully saturated rings. The maximum Gasteiger partial charge on any atom is 0.124 e. The number of hydrogen-bond acceptors (Lipinski definition) is 1. The van der Waals surface area contributed by atoms with Gasteiger partial charge < -0.3 is 5.73 Å². The minimum Gasteiger partial charge on any atom is -0.327 e. The van der Waals surface area contributed by atoms with Gasteiger partial charge in [0.15, 0.2) is 0 Å². The van der Waals surface area contributed by atoms with E-state index in [1.807, 2.05) is 6.07 Å². The topological polar surface area (TPSA) is 26.0 Å². The van der Waals surface area contributed by atoms with E-state index in [1.165, 1.54) is 43.4 Å². The molecule has 3 heteroatoms. The van der Waals surface area contributed by atoms with Crippen molar-refractivity contribution in [2.24, 2.45) is 5.73 Å². The van der Waals surface area contributed by atoms with Gasteiger partial charge in [0.2, 0.25) is 0 Å². The minimum atomic E-state index is -0.214. The Balaban J connectivity index is 1.94. The Morgan fingerprint density at radius 3 is 2.78 bits per heavy atom. The van der Waals surface area contributed by atoms with Crippen LogP contribution in [0.5, 0.6) is 0 Å². The Bertz CT molecular complexity index is 442. The zero-order chi connectivity index (χ0) is 13.0. The molecule has 0 radical (unpaired) electrons. The third kappa shape index (κ3) is 3.92. The number of benzene rings is 1. The molecule has 0 saturated heterocycles. The van der Waals surface area contributed by atoms with E-state index in [-0.39, 0.29) is 11.9 Å². The molecule has 1 aromatic rings. The Morgan fingerprint density at radius 1 is 1.28 bits per heavy atom. The molecule has 0 aromatic heterocycles. The first-order valence-electron chi connectivity index (χ1n) is 6.52. The van der Waals surface area contributed by atoms with E-state index in [4.69, 9.17) is 5.73 Å². The molecule has 0 amide bonds. The predicted molar refractivity (Wildman–Crippen MR) is 76.9 cm³/mol. The third-order valence-corrected chi connectivity index (χ3v) is 4.14. The van der Waals surface area contributed by atoms with Crippen LogP contribution in [0.4, 0.5) is 4.39 Å². The van der Waals surface area contributed by atoms with Crippen molar-refractivity contribution in [1.29, 1.82) is 0 Å². The Labute approximate surface area is 116 Å². The lowest BCUT2D eigenvalue weighted by Crippen LogP contribution is -2.24. The molecule has 1 aliphatic carbocycles. The molecular weight excluding hydrogens is 293 g/mol. The maximum absolute atomic E-state index is 13.0.